The number of hydrogen-bond acceptors (Lipinski definition) is 5. The second-order valence-corrected chi connectivity index (χ2v) is 8.95. The minimum Gasteiger partial charge on any atom is -0.497 e. The summed E-state index contributed by atoms with van der Waals surface area (Å²) >= 11 is 11.7. The van der Waals surface area contributed by atoms with E-state index in [9.17, 15) is 4.79 Å². The molecule has 184 valence electrons. The maximum Gasteiger partial charge on any atom is 0.250 e. The van der Waals surface area contributed by atoms with Gasteiger partial charge in [0.05, 0.1) is 23.5 Å². The lowest BCUT2D eigenvalue weighted by Crippen LogP contribution is -2.32. The van der Waals surface area contributed by atoms with E-state index in [1.165, 1.54) is 24.5 Å². The van der Waals surface area contributed by atoms with Crippen molar-refractivity contribution in [3.05, 3.63) is 82.9 Å². The van der Waals surface area contributed by atoms with Crippen LogP contribution < -0.4 is 15.4 Å². The molecule has 1 amide bonds. The van der Waals surface area contributed by atoms with E-state index in [-0.39, 0.29) is 11.0 Å². The van der Waals surface area contributed by atoms with Crippen LogP contribution in [0.3, 0.4) is 0 Å². The molecule has 0 aliphatic rings. The molecule has 36 heavy (non-hydrogen) atoms. The number of rotatable bonds is 8. The first-order chi connectivity index (χ1) is 17.4. The number of fused-ring (bicyclic) bond motifs is 1. The number of carbonyl (C=O) groups excluding carboxylic acids is 1. The molecule has 0 aliphatic carbocycles. The largest absolute Gasteiger partial charge is 0.497 e. The Balaban J connectivity index is 1.41. The Morgan fingerprint density at radius 2 is 1.78 bits per heavy atom. The number of aryl methyl sites for hydroxylation is 1. The third-order valence-corrected chi connectivity index (χ3v) is 6.00. The quantitative estimate of drug-likeness (QED) is 0.221. The molecule has 1 aromatic heterocycles. The van der Waals surface area contributed by atoms with Crippen LogP contribution in [-0.4, -0.2) is 33.1 Å². The molecule has 7 nitrogen and oxygen atoms in total. The first kappa shape index (κ1) is 25.3. The van der Waals surface area contributed by atoms with Crippen molar-refractivity contribution >= 4 is 57.6 Å². The number of hydrogen-bond donors (Lipinski definition) is 2. The van der Waals surface area contributed by atoms with Crippen LogP contribution in [0.4, 0.5) is 5.69 Å². The first-order valence-corrected chi connectivity index (χ1v) is 12.3. The van der Waals surface area contributed by atoms with Crippen molar-refractivity contribution in [2.75, 3.05) is 12.4 Å². The zero-order valence-electron chi connectivity index (χ0n) is 20.0. The smallest absolute Gasteiger partial charge is 0.250 e. The minimum atomic E-state index is -0.367. The van der Waals surface area contributed by atoms with Crippen LogP contribution in [0.2, 0.25) is 5.02 Å². The maximum atomic E-state index is 12.3. The molecule has 0 radical (unpaired) electrons. The monoisotopic (exact) mass is 519 g/mol. The fourth-order valence-corrected chi connectivity index (χ4v) is 3.94. The molecule has 0 saturated heterocycles. The highest BCUT2D eigenvalue weighted by Gasteiger charge is 2.11. The van der Waals surface area contributed by atoms with Crippen molar-refractivity contribution in [1.82, 2.24) is 20.3 Å². The van der Waals surface area contributed by atoms with E-state index < -0.39 is 0 Å². The van der Waals surface area contributed by atoms with Gasteiger partial charge < -0.3 is 10.1 Å². The number of carbonyl (C=O) groups is 1. The van der Waals surface area contributed by atoms with E-state index in [0.29, 0.717) is 21.7 Å². The summed E-state index contributed by atoms with van der Waals surface area (Å²) in [5, 5.41) is 15.2. The molecular formula is C27H26ClN5O2S. The lowest BCUT2D eigenvalue weighted by atomic mass is 10.1. The zero-order valence-corrected chi connectivity index (χ0v) is 21.6. The van der Waals surface area contributed by atoms with Gasteiger partial charge in [-0.3, -0.25) is 10.1 Å². The molecule has 0 unspecified atom stereocenters. The van der Waals surface area contributed by atoms with Crippen molar-refractivity contribution in [2.24, 2.45) is 0 Å². The Morgan fingerprint density at radius 3 is 2.44 bits per heavy atom. The molecular weight excluding hydrogens is 494 g/mol. The number of thiocarbonyl (C=S) groups is 1. The molecule has 4 aromatic rings. The second-order valence-electron chi connectivity index (χ2n) is 8.13. The average Bonchev–Trinajstić information content (AvgIpc) is 3.29. The van der Waals surface area contributed by atoms with Gasteiger partial charge in [0.1, 0.15) is 16.8 Å². The van der Waals surface area contributed by atoms with Crippen LogP contribution in [0.5, 0.6) is 5.75 Å². The number of nitrogens with zero attached hydrogens (tertiary/aromatic N) is 3. The fraction of sp³-hybridized carbons (Fsp3) is 0.185. The lowest BCUT2D eigenvalue weighted by molar-refractivity contribution is -0.115. The lowest BCUT2D eigenvalue weighted by Gasteiger charge is -2.09. The number of nitrogens with one attached hydrogen (secondary N) is 2. The normalized spacial score (nSPS) is 11.1. The summed E-state index contributed by atoms with van der Waals surface area (Å²) in [5.74, 6) is 0.380. The van der Waals surface area contributed by atoms with Gasteiger partial charge in [0.25, 0.3) is 0 Å². The number of halogens is 1. The van der Waals surface area contributed by atoms with Crippen molar-refractivity contribution in [3.63, 3.8) is 0 Å². The van der Waals surface area contributed by atoms with Crippen LogP contribution in [0, 0.1) is 0 Å². The molecule has 0 spiro atoms. The maximum absolute atomic E-state index is 12.3. The summed E-state index contributed by atoms with van der Waals surface area (Å²) in [6, 6.07) is 19.0. The number of anilines is 1. The summed E-state index contributed by atoms with van der Waals surface area (Å²) in [5.41, 5.74) is 4.83. The number of unbranched alkanes of at least 4 members (excludes halogenated alkanes) is 1. The summed E-state index contributed by atoms with van der Waals surface area (Å²) in [6.45, 7) is 2.18. The molecule has 0 aliphatic heterocycles. The van der Waals surface area contributed by atoms with Gasteiger partial charge in [0.15, 0.2) is 5.11 Å². The fourth-order valence-electron chi connectivity index (χ4n) is 3.52. The number of benzene rings is 3. The van der Waals surface area contributed by atoms with Gasteiger partial charge in [-0.15, -0.1) is 10.2 Å². The van der Waals surface area contributed by atoms with Crippen LogP contribution in [0.25, 0.3) is 22.8 Å². The predicted molar refractivity (Wildman–Crippen MR) is 149 cm³/mol. The molecule has 2 N–H and O–H groups in total. The van der Waals surface area contributed by atoms with E-state index >= 15 is 0 Å². The Bertz CT molecular complexity index is 1400. The van der Waals surface area contributed by atoms with E-state index in [1.807, 2.05) is 36.4 Å². The standard InChI is InChI=1S/C27H26ClN5O2S/c1-3-4-5-18-6-11-20(12-7-18)33-31-24-16-22(28)23(17-25(24)32-33)29-27(36)30-26(34)15-10-19-8-13-21(35-2)14-9-19/h6-17H,3-5H2,1-2H3,(H2,29,30,34,36)/b15-10+. The van der Waals surface area contributed by atoms with E-state index in [4.69, 9.17) is 28.6 Å². The number of amides is 1. The van der Waals surface area contributed by atoms with Crippen molar-refractivity contribution in [2.45, 2.75) is 26.2 Å². The highest BCUT2D eigenvalue weighted by atomic mass is 35.5. The van der Waals surface area contributed by atoms with E-state index in [2.05, 4.69) is 39.9 Å². The first-order valence-electron chi connectivity index (χ1n) is 11.5. The van der Waals surface area contributed by atoms with Crippen LogP contribution in [0.1, 0.15) is 30.9 Å². The number of methoxy groups -OCH3 is 1. The SMILES string of the molecule is CCCCc1ccc(-n2nc3cc(Cl)c(NC(=S)NC(=O)/C=C/c4ccc(OC)cc4)cc3n2)cc1. The molecule has 0 atom stereocenters. The number of ether oxygens (including phenoxy) is 1. The molecule has 0 fully saturated rings. The molecule has 9 heteroatoms. The van der Waals surface area contributed by atoms with Gasteiger partial charge in [-0.1, -0.05) is 49.2 Å². The van der Waals surface area contributed by atoms with Crippen molar-refractivity contribution in [1.29, 1.82) is 0 Å². The zero-order chi connectivity index (χ0) is 25.5. The van der Waals surface area contributed by atoms with Gasteiger partial charge in [0, 0.05) is 6.08 Å². The van der Waals surface area contributed by atoms with Crippen LogP contribution in [0.15, 0.2) is 66.7 Å². The summed E-state index contributed by atoms with van der Waals surface area (Å²) < 4.78 is 5.13. The summed E-state index contributed by atoms with van der Waals surface area (Å²) in [7, 11) is 1.60. The summed E-state index contributed by atoms with van der Waals surface area (Å²) in [6.07, 6.45) is 6.48. The molecule has 3 aromatic carbocycles. The second kappa shape index (κ2) is 11.8. The molecule has 0 bridgehead atoms. The van der Waals surface area contributed by atoms with Crippen molar-refractivity contribution < 1.29 is 9.53 Å². The average molecular weight is 520 g/mol. The minimum absolute atomic E-state index is 0.121. The number of aromatic nitrogens is 3. The Morgan fingerprint density at radius 1 is 1.08 bits per heavy atom. The highest BCUT2D eigenvalue weighted by molar-refractivity contribution is 7.80. The third-order valence-electron chi connectivity index (χ3n) is 5.48. The van der Waals surface area contributed by atoms with E-state index in [1.54, 1.807) is 30.1 Å². The van der Waals surface area contributed by atoms with Gasteiger partial charge in [0.2, 0.25) is 5.91 Å². The van der Waals surface area contributed by atoms with Gasteiger partial charge in [-0.25, -0.2) is 0 Å². The Hall–Kier alpha value is -3.75. The highest BCUT2D eigenvalue weighted by Crippen LogP contribution is 2.27. The molecule has 1 heterocycles. The Kier molecular flexibility index (Phi) is 8.30. The third kappa shape index (κ3) is 6.47. The van der Waals surface area contributed by atoms with E-state index in [0.717, 1.165) is 23.4 Å². The van der Waals surface area contributed by atoms with Crippen LogP contribution in [-0.2, 0) is 11.2 Å². The van der Waals surface area contributed by atoms with Crippen LogP contribution >= 0.6 is 23.8 Å². The van der Waals surface area contributed by atoms with Gasteiger partial charge in [-0.2, -0.15) is 4.80 Å². The predicted octanol–water partition coefficient (Wildman–Crippen LogP) is 5.95. The van der Waals surface area contributed by atoms with Crippen molar-refractivity contribution in [3.8, 4) is 11.4 Å². The van der Waals surface area contributed by atoms with Gasteiger partial charge >= 0.3 is 0 Å². The molecule has 4 rings (SSSR count). The van der Waals surface area contributed by atoms with Gasteiger partial charge in [-0.05, 0) is 78.7 Å². The Labute approximate surface area is 220 Å². The molecule has 0 saturated carbocycles. The summed E-state index contributed by atoms with van der Waals surface area (Å²) in [4.78, 5) is 13.9. The topological polar surface area (TPSA) is 81.1 Å².